The lowest BCUT2D eigenvalue weighted by Gasteiger charge is -2.04. The van der Waals surface area contributed by atoms with Gasteiger partial charge in [0, 0.05) is 12.4 Å². The maximum atomic E-state index is 11.7. The summed E-state index contributed by atoms with van der Waals surface area (Å²) in [4.78, 5) is 22.6. The highest BCUT2D eigenvalue weighted by atomic mass is 16.1. The molecule has 0 saturated heterocycles. The maximum absolute atomic E-state index is 11.7. The number of pyridine rings is 1. The number of hydrogen-bond donors (Lipinski definition) is 4. The van der Waals surface area contributed by atoms with Crippen molar-refractivity contribution >= 4 is 11.7 Å². The van der Waals surface area contributed by atoms with E-state index < -0.39 is 0 Å². The van der Waals surface area contributed by atoms with E-state index in [0.717, 1.165) is 0 Å². The zero-order valence-corrected chi connectivity index (χ0v) is 8.97. The van der Waals surface area contributed by atoms with Crippen LogP contribution in [0.15, 0.2) is 30.6 Å². The molecule has 5 N–H and O–H groups in total. The fourth-order valence-corrected chi connectivity index (χ4v) is 1.29. The number of nitrogens with zero attached hydrogens (tertiary/aromatic N) is 2. The van der Waals surface area contributed by atoms with E-state index in [-0.39, 0.29) is 5.91 Å². The first-order valence-corrected chi connectivity index (χ1v) is 4.99. The molecule has 2 aromatic rings. The molecule has 0 saturated carbocycles. The van der Waals surface area contributed by atoms with E-state index in [1.165, 1.54) is 0 Å². The molecule has 0 atom stereocenters. The number of hydrazine groups is 1. The zero-order chi connectivity index (χ0) is 12.1. The third-order valence-electron chi connectivity index (χ3n) is 2.10. The molecule has 0 aliphatic carbocycles. The van der Waals surface area contributed by atoms with Crippen molar-refractivity contribution in [3.05, 3.63) is 42.1 Å². The first-order chi connectivity index (χ1) is 8.29. The van der Waals surface area contributed by atoms with Gasteiger partial charge in [-0.2, -0.15) is 0 Å². The molecule has 2 heterocycles. The molecule has 7 heteroatoms. The van der Waals surface area contributed by atoms with E-state index in [1.807, 2.05) is 0 Å². The van der Waals surface area contributed by atoms with E-state index in [1.54, 1.807) is 30.6 Å². The number of aromatic nitrogens is 3. The molecule has 0 fully saturated rings. The zero-order valence-electron chi connectivity index (χ0n) is 8.97. The molecule has 0 unspecified atom stereocenters. The van der Waals surface area contributed by atoms with Gasteiger partial charge in [-0.3, -0.25) is 4.79 Å². The van der Waals surface area contributed by atoms with E-state index in [9.17, 15) is 4.79 Å². The molecule has 0 spiro atoms. The van der Waals surface area contributed by atoms with Crippen molar-refractivity contribution in [3.63, 3.8) is 0 Å². The van der Waals surface area contributed by atoms with Gasteiger partial charge in [0.25, 0.3) is 5.91 Å². The van der Waals surface area contributed by atoms with E-state index in [4.69, 9.17) is 5.84 Å². The number of nitrogen functional groups attached to an aromatic ring is 1. The fraction of sp³-hybridized carbons (Fsp3) is 0.100. The van der Waals surface area contributed by atoms with Gasteiger partial charge < -0.3 is 15.7 Å². The van der Waals surface area contributed by atoms with Crippen LogP contribution in [0.3, 0.4) is 0 Å². The Morgan fingerprint density at radius 3 is 3.06 bits per heavy atom. The van der Waals surface area contributed by atoms with E-state index >= 15 is 0 Å². The predicted molar refractivity (Wildman–Crippen MR) is 61.8 cm³/mol. The number of amides is 1. The van der Waals surface area contributed by atoms with Gasteiger partial charge in [0.05, 0.1) is 6.54 Å². The monoisotopic (exact) mass is 232 g/mol. The highest BCUT2D eigenvalue weighted by molar-refractivity contribution is 5.92. The number of aromatic amines is 1. The quantitative estimate of drug-likeness (QED) is 0.439. The Kier molecular flexibility index (Phi) is 3.31. The van der Waals surface area contributed by atoms with Crippen LogP contribution in [0, 0.1) is 0 Å². The summed E-state index contributed by atoms with van der Waals surface area (Å²) in [5.41, 5.74) is 2.68. The largest absolute Gasteiger partial charge is 0.347 e. The normalized spacial score (nSPS) is 9.94. The van der Waals surface area contributed by atoms with Crippen LogP contribution in [0.25, 0.3) is 0 Å². The van der Waals surface area contributed by atoms with Crippen molar-refractivity contribution in [1.82, 2.24) is 20.3 Å². The number of nitrogens with one attached hydrogen (secondary N) is 3. The molecule has 0 bridgehead atoms. The van der Waals surface area contributed by atoms with Gasteiger partial charge in [0.2, 0.25) is 0 Å². The molecule has 2 rings (SSSR count). The lowest BCUT2D eigenvalue weighted by Crippen LogP contribution is -2.24. The summed E-state index contributed by atoms with van der Waals surface area (Å²) in [6.07, 6.45) is 3.32. The van der Waals surface area contributed by atoms with Gasteiger partial charge in [0.15, 0.2) is 0 Å². The molecular weight excluding hydrogens is 220 g/mol. The van der Waals surface area contributed by atoms with Gasteiger partial charge >= 0.3 is 0 Å². The fourth-order valence-electron chi connectivity index (χ4n) is 1.29. The van der Waals surface area contributed by atoms with Crippen LogP contribution in [-0.2, 0) is 6.54 Å². The SMILES string of the molecule is NNc1cccc(C(=O)NCc2ncc[nH]2)n1. The van der Waals surface area contributed by atoms with Gasteiger partial charge in [0.1, 0.15) is 17.3 Å². The average molecular weight is 232 g/mol. The first kappa shape index (κ1) is 11.1. The Balaban J connectivity index is 1.99. The van der Waals surface area contributed by atoms with Crippen LogP contribution in [-0.4, -0.2) is 20.9 Å². The van der Waals surface area contributed by atoms with Crippen molar-refractivity contribution in [1.29, 1.82) is 0 Å². The lowest BCUT2D eigenvalue weighted by atomic mass is 10.3. The minimum Gasteiger partial charge on any atom is -0.347 e. The second kappa shape index (κ2) is 5.08. The number of hydrogen-bond acceptors (Lipinski definition) is 5. The van der Waals surface area contributed by atoms with Crippen molar-refractivity contribution in [2.24, 2.45) is 5.84 Å². The number of carbonyl (C=O) groups is 1. The van der Waals surface area contributed by atoms with Crippen LogP contribution in [0.5, 0.6) is 0 Å². The van der Waals surface area contributed by atoms with Gasteiger partial charge in [-0.25, -0.2) is 15.8 Å². The number of carbonyl (C=O) groups excluding carboxylic acids is 1. The minimum atomic E-state index is -0.279. The van der Waals surface area contributed by atoms with Crippen molar-refractivity contribution in [3.8, 4) is 0 Å². The number of H-pyrrole nitrogens is 1. The standard InChI is InChI=1S/C10H12N6O/c11-16-8-3-1-2-7(15-8)10(17)14-6-9-12-4-5-13-9/h1-5H,6,11H2,(H,12,13)(H,14,17)(H,15,16). The Hall–Kier alpha value is -2.41. The summed E-state index contributed by atoms with van der Waals surface area (Å²) in [6, 6.07) is 4.98. The summed E-state index contributed by atoms with van der Waals surface area (Å²) in [5, 5.41) is 2.69. The molecule has 0 aromatic carbocycles. The molecule has 17 heavy (non-hydrogen) atoms. The summed E-state index contributed by atoms with van der Waals surface area (Å²) in [7, 11) is 0. The number of imidazole rings is 1. The molecule has 2 aromatic heterocycles. The van der Waals surface area contributed by atoms with Crippen molar-refractivity contribution in [2.75, 3.05) is 5.43 Å². The topological polar surface area (TPSA) is 109 Å². The highest BCUT2D eigenvalue weighted by Gasteiger charge is 2.07. The maximum Gasteiger partial charge on any atom is 0.270 e. The van der Waals surface area contributed by atoms with Crippen LogP contribution in [0.1, 0.15) is 16.3 Å². The molecule has 7 nitrogen and oxygen atoms in total. The molecule has 0 aliphatic heterocycles. The van der Waals surface area contributed by atoms with Gasteiger partial charge in [-0.15, -0.1) is 0 Å². The summed E-state index contributed by atoms with van der Waals surface area (Å²) < 4.78 is 0. The van der Waals surface area contributed by atoms with Crippen LogP contribution >= 0.6 is 0 Å². The molecule has 88 valence electrons. The summed E-state index contributed by atoms with van der Waals surface area (Å²) in [5.74, 6) is 6.06. The smallest absolute Gasteiger partial charge is 0.270 e. The van der Waals surface area contributed by atoms with Gasteiger partial charge in [-0.05, 0) is 12.1 Å². The van der Waals surface area contributed by atoms with E-state index in [2.05, 4.69) is 25.7 Å². The second-order valence-electron chi connectivity index (χ2n) is 3.27. The Morgan fingerprint density at radius 2 is 2.35 bits per heavy atom. The van der Waals surface area contributed by atoms with Crippen LogP contribution in [0.4, 0.5) is 5.82 Å². The number of anilines is 1. The van der Waals surface area contributed by atoms with E-state index in [0.29, 0.717) is 23.9 Å². The Bertz CT molecular complexity index is 495. The molecule has 0 aliphatic rings. The summed E-state index contributed by atoms with van der Waals surface area (Å²) in [6.45, 7) is 0.327. The van der Waals surface area contributed by atoms with Crippen LogP contribution in [0.2, 0.25) is 0 Å². The Morgan fingerprint density at radius 1 is 1.47 bits per heavy atom. The van der Waals surface area contributed by atoms with Crippen molar-refractivity contribution in [2.45, 2.75) is 6.54 Å². The minimum absolute atomic E-state index is 0.279. The summed E-state index contributed by atoms with van der Waals surface area (Å²) >= 11 is 0. The highest BCUT2D eigenvalue weighted by Crippen LogP contribution is 2.03. The van der Waals surface area contributed by atoms with Gasteiger partial charge in [-0.1, -0.05) is 6.07 Å². The number of rotatable bonds is 4. The third-order valence-corrected chi connectivity index (χ3v) is 2.10. The molecule has 1 amide bonds. The third kappa shape index (κ3) is 2.79. The Labute approximate surface area is 97.4 Å². The predicted octanol–water partition coefficient (Wildman–Crippen LogP) is 0.0203. The molecule has 0 radical (unpaired) electrons. The second-order valence-corrected chi connectivity index (χ2v) is 3.27. The first-order valence-electron chi connectivity index (χ1n) is 4.99. The average Bonchev–Trinajstić information content (AvgIpc) is 2.89. The van der Waals surface area contributed by atoms with Crippen molar-refractivity contribution < 1.29 is 4.79 Å². The number of nitrogens with two attached hydrogens (primary N) is 1. The molecular formula is C10H12N6O. The lowest BCUT2D eigenvalue weighted by molar-refractivity contribution is 0.0945. The van der Waals surface area contributed by atoms with Crippen LogP contribution < -0.4 is 16.6 Å².